The van der Waals surface area contributed by atoms with Crippen molar-refractivity contribution in [2.45, 2.75) is 37.3 Å². The molecule has 0 heterocycles. The second kappa shape index (κ2) is 8.88. The molecule has 0 aliphatic heterocycles. The maximum absolute atomic E-state index is 13.6. The van der Waals surface area contributed by atoms with Crippen molar-refractivity contribution in [3.8, 4) is 0 Å². The van der Waals surface area contributed by atoms with Gasteiger partial charge in [-0.3, -0.25) is 0 Å². The van der Waals surface area contributed by atoms with E-state index in [0.717, 1.165) is 18.4 Å². The molecular formula is C18H19F5N4O4S2. The van der Waals surface area contributed by atoms with Crippen molar-refractivity contribution in [1.29, 1.82) is 0 Å². The van der Waals surface area contributed by atoms with Gasteiger partial charge >= 0.3 is 0 Å². The van der Waals surface area contributed by atoms with Crippen LogP contribution in [-0.4, -0.2) is 22.8 Å². The number of hydrogen-bond acceptors (Lipinski definition) is 4. The molecule has 0 amide bonds. The number of fused-ring (bicyclic) bond motifs is 2. The van der Waals surface area contributed by atoms with Crippen LogP contribution in [-0.2, 0) is 33.3 Å². The highest BCUT2D eigenvalue weighted by Crippen LogP contribution is 2.46. The fourth-order valence-corrected chi connectivity index (χ4v) is 5.13. The molecule has 0 spiro atoms. The van der Waals surface area contributed by atoms with Crippen molar-refractivity contribution in [3.05, 3.63) is 70.0 Å². The molecule has 0 aromatic heterocycles. The minimum atomic E-state index is -4.61. The van der Waals surface area contributed by atoms with E-state index < -0.39 is 67.4 Å². The Morgan fingerprint density at radius 1 is 0.939 bits per heavy atom. The molecule has 8 nitrogen and oxygen atoms in total. The summed E-state index contributed by atoms with van der Waals surface area (Å²) in [6.07, 6.45) is 0.442. The highest BCUT2D eigenvalue weighted by molar-refractivity contribution is 7.87. The number of halogens is 5. The first-order chi connectivity index (χ1) is 15.1. The third kappa shape index (κ3) is 5.85. The Labute approximate surface area is 186 Å². The number of rotatable bonds is 4. The predicted molar refractivity (Wildman–Crippen MR) is 108 cm³/mol. The van der Waals surface area contributed by atoms with Crippen molar-refractivity contribution in [2.24, 2.45) is 10.3 Å². The lowest BCUT2D eigenvalue weighted by Gasteiger charge is -2.20. The summed E-state index contributed by atoms with van der Waals surface area (Å²) < 4.78 is 114. The van der Waals surface area contributed by atoms with Crippen LogP contribution in [0.4, 0.5) is 22.0 Å². The van der Waals surface area contributed by atoms with Crippen molar-refractivity contribution >= 4 is 20.4 Å². The Bertz CT molecular complexity index is 1290. The van der Waals surface area contributed by atoms with Crippen molar-refractivity contribution in [1.82, 2.24) is 9.44 Å². The first-order valence-electron chi connectivity index (χ1n) is 9.31. The average Bonchev–Trinajstić information content (AvgIpc) is 3.17. The summed E-state index contributed by atoms with van der Waals surface area (Å²) in [5.74, 6) is -8.60. The van der Waals surface area contributed by atoms with Gasteiger partial charge in [0.25, 0.3) is 26.3 Å². The normalized spacial score (nSPS) is 21.2. The fraction of sp³-hybridized carbons (Fsp3) is 0.333. The summed E-state index contributed by atoms with van der Waals surface area (Å²) in [5, 5.41) is 9.47. The van der Waals surface area contributed by atoms with Crippen LogP contribution in [0.2, 0.25) is 0 Å². The van der Waals surface area contributed by atoms with Crippen molar-refractivity contribution < 1.29 is 38.8 Å². The Morgan fingerprint density at radius 2 is 1.55 bits per heavy atom. The summed E-state index contributed by atoms with van der Waals surface area (Å²) in [4.78, 5) is 0. The third-order valence-electron chi connectivity index (χ3n) is 5.16. The fourth-order valence-electron chi connectivity index (χ4n) is 3.87. The van der Waals surface area contributed by atoms with E-state index >= 15 is 0 Å². The number of nitrogens with two attached hydrogens (primary N) is 2. The molecule has 15 heteroatoms. The van der Waals surface area contributed by atoms with E-state index in [1.807, 2.05) is 24.3 Å². The smallest absolute Gasteiger partial charge is 0.216 e. The first kappa shape index (κ1) is 25.5. The van der Waals surface area contributed by atoms with Crippen LogP contribution < -0.4 is 19.7 Å². The number of aryl methyl sites for hydroxylation is 1. The van der Waals surface area contributed by atoms with Gasteiger partial charge in [0.15, 0.2) is 11.6 Å². The topological polar surface area (TPSA) is 144 Å². The maximum Gasteiger partial charge on any atom is 0.275 e. The molecule has 0 bridgehead atoms. The van der Waals surface area contributed by atoms with Gasteiger partial charge in [0.1, 0.15) is 11.9 Å². The van der Waals surface area contributed by atoms with E-state index in [2.05, 4.69) is 9.86 Å². The summed E-state index contributed by atoms with van der Waals surface area (Å²) >= 11 is 0. The van der Waals surface area contributed by atoms with E-state index in [1.165, 1.54) is 10.3 Å². The summed E-state index contributed by atoms with van der Waals surface area (Å²) in [6, 6.07) is 5.35. The van der Waals surface area contributed by atoms with Crippen LogP contribution in [0.15, 0.2) is 30.3 Å². The van der Waals surface area contributed by atoms with Crippen LogP contribution in [0, 0.1) is 17.5 Å². The van der Waals surface area contributed by atoms with Crippen molar-refractivity contribution in [3.63, 3.8) is 0 Å². The van der Waals surface area contributed by atoms with E-state index in [-0.39, 0.29) is 12.1 Å². The lowest BCUT2D eigenvalue weighted by atomic mass is 10.1. The standard InChI is InChI=1S/C9H7F5N2O2S.C9H12N2O2S/c10-4-1-5(11)7(12)6-3(4)2-9(13,14)8(6)16-19(15,17)18;10-14(12,13)11-9-6-5-7-3-1-2-4-8(7)9/h1,8,16H,2H2,(H2,15,17,18);1-4,9,11H,5-6H2,(H2,10,12,13). The van der Waals surface area contributed by atoms with Gasteiger partial charge in [-0.15, -0.1) is 0 Å². The van der Waals surface area contributed by atoms with Gasteiger partial charge in [-0.05, 0) is 24.0 Å². The van der Waals surface area contributed by atoms with Crippen LogP contribution in [0.1, 0.15) is 40.8 Å². The highest BCUT2D eigenvalue weighted by atomic mass is 32.2. The van der Waals surface area contributed by atoms with Gasteiger partial charge in [-0.2, -0.15) is 26.3 Å². The monoisotopic (exact) mass is 514 g/mol. The SMILES string of the molecule is NS(=O)(=O)NC1CCc2ccccc21.NS(=O)(=O)NC1c2c(F)c(F)cc(F)c2CC1(F)F. The van der Waals surface area contributed by atoms with E-state index in [0.29, 0.717) is 0 Å². The van der Waals surface area contributed by atoms with Gasteiger partial charge in [0.05, 0.1) is 0 Å². The molecule has 6 N–H and O–H groups in total. The second-order valence-electron chi connectivity index (χ2n) is 7.53. The second-order valence-corrected chi connectivity index (χ2v) is 10.2. The summed E-state index contributed by atoms with van der Waals surface area (Å²) in [6.45, 7) is 0. The quantitative estimate of drug-likeness (QED) is 0.363. The average molecular weight is 514 g/mol. The number of benzene rings is 2. The Kier molecular flexibility index (Phi) is 6.85. The minimum absolute atomic E-state index is 0.129. The molecule has 33 heavy (non-hydrogen) atoms. The molecule has 0 saturated carbocycles. The van der Waals surface area contributed by atoms with Crippen LogP contribution in [0.25, 0.3) is 0 Å². The zero-order chi connectivity index (χ0) is 24.8. The zero-order valence-corrected chi connectivity index (χ0v) is 18.3. The van der Waals surface area contributed by atoms with Gasteiger partial charge < -0.3 is 0 Å². The van der Waals surface area contributed by atoms with Crippen LogP contribution in [0.5, 0.6) is 0 Å². The molecule has 4 rings (SSSR count). The molecule has 0 fully saturated rings. The lowest BCUT2D eigenvalue weighted by Crippen LogP contribution is -2.41. The Morgan fingerprint density at radius 3 is 2.15 bits per heavy atom. The molecule has 2 aromatic carbocycles. The van der Waals surface area contributed by atoms with Gasteiger partial charge in [-0.1, -0.05) is 24.3 Å². The summed E-state index contributed by atoms with van der Waals surface area (Å²) in [7, 11) is -8.21. The van der Waals surface area contributed by atoms with Crippen LogP contribution >= 0.6 is 0 Å². The Balaban J connectivity index is 0.000000194. The molecule has 2 aliphatic rings. The largest absolute Gasteiger partial charge is 0.275 e. The number of nitrogens with one attached hydrogen (secondary N) is 2. The highest BCUT2D eigenvalue weighted by Gasteiger charge is 2.52. The van der Waals surface area contributed by atoms with E-state index in [4.69, 9.17) is 5.14 Å². The molecule has 2 atom stereocenters. The number of alkyl halides is 2. The predicted octanol–water partition coefficient (Wildman–Crippen LogP) is 1.60. The number of hydrogen-bond donors (Lipinski definition) is 4. The Hall–Kier alpha value is -2.17. The third-order valence-corrected chi connectivity index (χ3v) is 6.34. The molecule has 182 valence electrons. The van der Waals surface area contributed by atoms with Crippen LogP contribution in [0.3, 0.4) is 0 Å². The minimum Gasteiger partial charge on any atom is -0.216 e. The molecule has 2 unspecified atom stereocenters. The van der Waals surface area contributed by atoms with E-state index in [1.54, 1.807) is 0 Å². The lowest BCUT2D eigenvalue weighted by molar-refractivity contribution is -0.0197. The molecule has 0 radical (unpaired) electrons. The van der Waals surface area contributed by atoms with Crippen molar-refractivity contribution in [2.75, 3.05) is 0 Å². The molecule has 2 aliphatic carbocycles. The van der Waals surface area contributed by atoms with Gasteiger partial charge in [0.2, 0.25) is 0 Å². The molecular weight excluding hydrogens is 495 g/mol. The maximum atomic E-state index is 13.6. The van der Waals surface area contributed by atoms with Gasteiger partial charge in [0, 0.05) is 29.7 Å². The zero-order valence-electron chi connectivity index (χ0n) is 16.7. The first-order valence-corrected chi connectivity index (χ1v) is 12.4. The van der Waals surface area contributed by atoms with E-state index in [9.17, 15) is 38.8 Å². The molecule has 2 aromatic rings. The van der Waals surface area contributed by atoms with Gasteiger partial charge in [-0.25, -0.2) is 32.2 Å². The summed E-state index contributed by atoms with van der Waals surface area (Å²) in [5.41, 5.74) is 0.414. The molecule has 0 saturated heterocycles.